The molecule has 110 valence electrons. The van der Waals surface area contributed by atoms with E-state index in [1.165, 1.54) is 12.3 Å². The molecule has 0 aliphatic rings. The zero-order valence-corrected chi connectivity index (χ0v) is 11.0. The molecule has 0 unspecified atom stereocenters. The highest BCUT2D eigenvalue weighted by Gasteiger charge is 2.28. The highest BCUT2D eigenvalue weighted by Crippen LogP contribution is 2.20. The van der Waals surface area contributed by atoms with Crippen molar-refractivity contribution in [2.24, 2.45) is 0 Å². The summed E-state index contributed by atoms with van der Waals surface area (Å²) in [5.41, 5.74) is 0. The molecule has 2 rings (SSSR count). The number of nitrogens with one attached hydrogen (secondary N) is 1. The highest BCUT2D eigenvalue weighted by atomic mass is 19.4. The molecule has 0 amide bonds. The van der Waals surface area contributed by atoms with Gasteiger partial charge in [-0.05, 0) is 6.92 Å². The minimum Gasteiger partial charge on any atom is -0.423 e. The molecule has 0 aromatic carbocycles. The van der Waals surface area contributed by atoms with Gasteiger partial charge in [-0.3, -0.25) is 4.68 Å². The van der Waals surface area contributed by atoms with Crippen LogP contribution in [0.3, 0.4) is 0 Å². The monoisotopic (exact) mass is 289 g/mol. The molecule has 1 N–H and O–H groups in total. The van der Waals surface area contributed by atoms with E-state index in [9.17, 15) is 13.2 Å². The Balaban J connectivity index is 1.99. The van der Waals surface area contributed by atoms with E-state index in [0.29, 0.717) is 24.0 Å². The summed E-state index contributed by atoms with van der Waals surface area (Å²) in [6.07, 6.45) is -2.41. The number of aromatic nitrogens is 4. The Morgan fingerprint density at radius 1 is 1.40 bits per heavy atom. The number of aryl methyl sites for hydroxylation is 1. The second-order valence-electron chi connectivity index (χ2n) is 4.27. The van der Waals surface area contributed by atoms with E-state index >= 15 is 0 Å². The van der Waals surface area contributed by atoms with Gasteiger partial charge in [0, 0.05) is 18.7 Å². The number of anilines is 1. The van der Waals surface area contributed by atoms with Crippen molar-refractivity contribution in [3.05, 3.63) is 24.0 Å². The van der Waals surface area contributed by atoms with E-state index in [-0.39, 0.29) is 6.04 Å². The fourth-order valence-electron chi connectivity index (χ4n) is 1.58. The standard InChI is InChI=1S/C11H14F3N5O/c1-3-9-16-17-10(20-9)7(2)15-8-4-5-19(18-8)6-11(12,13)14/h4-5,7H,3,6H2,1-2H3,(H,15,18)/t7-/m1/s1. The molecule has 2 aromatic rings. The second kappa shape index (κ2) is 5.51. The minimum absolute atomic E-state index is 0.318. The van der Waals surface area contributed by atoms with Gasteiger partial charge in [0.25, 0.3) is 0 Å². The molecule has 9 heteroatoms. The molecule has 0 fully saturated rings. The maximum atomic E-state index is 12.2. The Bertz CT molecular complexity index is 562. The van der Waals surface area contributed by atoms with Crippen molar-refractivity contribution < 1.29 is 17.6 Å². The van der Waals surface area contributed by atoms with Crippen LogP contribution in [-0.2, 0) is 13.0 Å². The summed E-state index contributed by atoms with van der Waals surface area (Å²) in [6, 6.07) is 1.12. The SMILES string of the molecule is CCc1nnc([C@@H](C)Nc2ccn(CC(F)(F)F)n2)o1. The third-order valence-corrected chi connectivity index (χ3v) is 2.50. The fraction of sp³-hybridized carbons (Fsp3) is 0.545. The summed E-state index contributed by atoms with van der Waals surface area (Å²) in [5.74, 6) is 1.20. The number of halogens is 3. The van der Waals surface area contributed by atoms with Crippen LogP contribution in [0.2, 0.25) is 0 Å². The summed E-state index contributed by atoms with van der Waals surface area (Å²) in [6.45, 7) is 2.52. The number of hydrogen-bond donors (Lipinski definition) is 1. The number of hydrogen-bond acceptors (Lipinski definition) is 5. The lowest BCUT2D eigenvalue weighted by Gasteiger charge is -2.09. The first kappa shape index (κ1) is 14.4. The average molecular weight is 289 g/mol. The summed E-state index contributed by atoms with van der Waals surface area (Å²) < 4.78 is 42.8. The predicted octanol–water partition coefficient (Wildman–Crippen LogP) is 2.56. The van der Waals surface area contributed by atoms with Gasteiger partial charge in [-0.2, -0.15) is 18.3 Å². The average Bonchev–Trinajstić information content (AvgIpc) is 2.96. The van der Waals surface area contributed by atoms with E-state index in [4.69, 9.17) is 4.42 Å². The van der Waals surface area contributed by atoms with Gasteiger partial charge in [0.15, 0.2) is 0 Å². The van der Waals surface area contributed by atoms with Gasteiger partial charge in [0.1, 0.15) is 18.4 Å². The molecule has 20 heavy (non-hydrogen) atoms. The Morgan fingerprint density at radius 3 is 2.75 bits per heavy atom. The molecule has 6 nitrogen and oxygen atoms in total. The van der Waals surface area contributed by atoms with Crippen LogP contribution in [0.15, 0.2) is 16.7 Å². The van der Waals surface area contributed by atoms with E-state index in [1.54, 1.807) is 6.92 Å². The second-order valence-corrected chi connectivity index (χ2v) is 4.27. The molecule has 0 radical (unpaired) electrons. The van der Waals surface area contributed by atoms with E-state index in [0.717, 1.165) is 4.68 Å². The smallest absolute Gasteiger partial charge is 0.408 e. The van der Waals surface area contributed by atoms with Crippen molar-refractivity contribution >= 4 is 5.82 Å². The number of nitrogens with zero attached hydrogens (tertiary/aromatic N) is 4. The third-order valence-electron chi connectivity index (χ3n) is 2.50. The summed E-state index contributed by atoms with van der Waals surface area (Å²) >= 11 is 0. The van der Waals surface area contributed by atoms with Gasteiger partial charge in [-0.15, -0.1) is 10.2 Å². The molecule has 0 aliphatic heterocycles. The Labute approximate surface area is 113 Å². The van der Waals surface area contributed by atoms with Gasteiger partial charge >= 0.3 is 6.18 Å². The Kier molecular flexibility index (Phi) is 3.96. The molecule has 1 atom stereocenters. The van der Waals surface area contributed by atoms with Crippen molar-refractivity contribution in [2.45, 2.75) is 39.0 Å². The van der Waals surface area contributed by atoms with Crippen molar-refractivity contribution in [1.82, 2.24) is 20.0 Å². The van der Waals surface area contributed by atoms with Crippen LogP contribution >= 0.6 is 0 Å². The Morgan fingerprint density at radius 2 is 2.15 bits per heavy atom. The third kappa shape index (κ3) is 3.72. The molecule has 2 heterocycles. The van der Waals surface area contributed by atoms with E-state index < -0.39 is 12.7 Å². The van der Waals surface area contributed by atoms with Crippen molar-refractivity contribution in [2.75, 3.05) is 5.32 Å². The van der Waals surface area contributed by atoms with E-state index in [2.05, 4.69) is 20.6 Å². The van der Waals surface area contributed by atoms with Gasteiger partial charge in [-0.1, -0.05) is 6.92 Å². The van der Waals surface area contributed by atoms with Crippen LogP contribution in [0, 0.1) is 0 Å². The van der Waals surface area contributed by atoms with Crippen LogP contribution < -0.4 is 5.32 Å². The first-order chi connectivity index (χ1) is 9.37. The lowest BCUT2D eigenvalue weighted by Crippen LogP contribution is -2.18. The normalized spacial score (nSPS) is 13.4. The van der Waals surface area contributed by atoms with Crippen molar-refractivity contribution in [1.29, 1.82) is 0 Å². The van der Waals surface area contributed by atoms with Crippen LogP contribution in [0.4, 0.5) is 19.0 Å². The van der Waals surface area contributed by atoms with Crippen LogP contribution in [-0.4, -0.2) is 26.2 Å². The first-order valence-corrected chi connectivity index (χ1v) is 6.06. The maximum Gasteiger partial charge on any atom is 0.408 e. The fourth-order valence-corrected chi connectivity index (χ4v) is 1.58. The van der Waals surface area contributed by atoms with Crippen LogP contribution in [0.5, 0.6) is 0 Å². The summed E-state index contributed by atoms with van der Waals surface area (Å²) in [4.78, 5) is 0. The van der Waals surface area contributed by atoms with Gasteiger partial charge in [-0.25, -0.2) is 0 Å². The zero-order valence-electron chi connectivity index (χ0n) is 11.0. The molecule has 2 aromatic heterocycles. The molecule has 0 bridgehead atoms. The molecular formula is C11H14F3N5O. The quantitative estimate of drug-likeness (QED) is 0.916. The molecule has 0 spiro atoms. The largest absolute Gasteiger partial charge is 0.423 e. The van der Waals surface area contributed by atoms with Crippen molar-refractivity contribution in [3.63, 3.8) is 0 Å². The van der Waals surface area contributed by atoms with Crippen molar-refractivity contribution in [3.8, 4) is 0 Å². The van der Waals surface area contributed by atoms with E-state index in [1.807, 2.05) is 6.92 Å². The maximum absolute atomic E-state index is 12.2. The van der Waals surface area contributed by atoms with Crippen LogP contribution in [0.25, 0.3) is 0 Å². The van der Waals surface area contributed by atoms with Gasteiger partial charge in [0.05, 0.1) is 0 Å². The molecule has 0 saturated heterocycles. The highest BCUT2D eigenvalue weighted by molar-refractivity contribution is 5.34. The van der Waals surface area contributed by atoms with Gasteiger partial charge < -0.3 is 9.73 Å². The minimum atomic E-state index is -4.29. The Hall–Kier alpha value is -2.06. The molecular weight excluding hydrogens is 275 g/mol. The van der Waals surface area contributed by atoms with Gasteiger partial charge in [0.2, 0.25) is 11.8 Å². The number of rotatable bonds is 5. The summed E-state index contributed by atoms with van der Waals surface area (Å²) in [7, 11) is 0. The topological polar surface area (TPSA) is 68.8 Å². The molecule has 0 aliphatic carbocycles. The lowest BCUT2D eigenvalue weighted by molar-refractivity contribution is -0.142. The predicted molar refractivity (Wildman–Crippen MR) is 64.0 cm³/mol. The number of alkyl halides is 3. The lowest BCUT2D eigenvalue weighted by atomic mass is 10.3. The zero-order chi connectivity index (χ0) is 14.8. The first-order valence-electron chi connectivity index (χ1n) is 6.06. The van der Waals surface area contributed by atoms with Crippen LogP contribution in [0.1, 0.15) is 31.7 Å². The molecule has 0 saturated carbocycles. The summed E-state index contributed by atoms with van der Waals surface area (Å²) in [5, 5.41) is 14.4.